The van der Waals surface area contributed by atoms with Crippen molar-refractivity contribution < 1.29 is 0 Å². The molecule has 0 spiro atoms. The molecule has 0 aliphatic heterocycles. The Balaban J connectivity index is 2.85. The SMILES string of the molecule is CCc1nc2c(C)nc(C#N)cn2c1Br. The van der Waals surface area contributed by atoms with E-state index in [9.17, 15) is 0 Å². The van der Waals surface area contributed by atoms with Gasteiger partial charge in [0, 0.05) is 6.20 Å². The molecule has 0 aromatic carbocycles. The Bertz CT molecular complexity index is 565. The van der Waals surface area contributed by atoms with Crippen molar-refractivity contribution in [3.8, 4) is 6.07 Å². The largest absolute Gasteiger partial charge is 0.290 e. The molecule has 2 aromatic rings. The third kappa shape index (κ3) is 1.51. The van der Waals surface area contributed by atoms with Gasteiger partial charge in [0.15, 0.2) is 11.3 Å². The summed E-state index contributed by atoms with van der Waals surface area (Å²) in [5.74, 6) is 0. The highest BCUT2D eigenvalue weighted by Crippen LogP contribution is 2.21. The van der Waals surface area contributed by atoms with Crippen LogP contribution in [0.2, 0.25) is 0 Å². The lowest BCUT2D eigenvalue weighted by molar-refractivity contribution is 1.03. The zero-order valence-electron chi connectivity index (χ0n) is 8.45. The fourth-order valence-corrected chi connectivity index (χ4v) is 2.13. The fraction of sp³-hybridized carbons (Fsp3) is 0.300. The first kappa shape index (κ1) is 10.1. The second-order valence-corrected chi connectivity index (χ2v) is 3.97. The summed E-state index contributed by atoms with van der Waals surface area (Å²) in [6.07, 6.45) is 2.54. The van der Waals surface area contributed by atoms with Gasteiger partial charge in [0.1, 0.15) is 10.7 Å². The molecular weight excluding hydrogens is 256 g/mol. The molecule has 0 fully saturated rings. The minimum Gasteiger partial charge on any atom is -0.290 e. The van der Waals surface area contributed by atoms with Gasteiger partial charge in [-0.05, 0) is 29.3 Å². The molecule has 2 heterocycles. The number of aryl methyl sites for hydroxylation is 2. The van der Waals surface area contributed by atoms with E-state index in [2.05, 4.69) is 25.9 Å². The molecule has 0 amide bonds. The highest BCUT2D eigenvalue weighted by Gasteiger charge is 2.11. The molecule has 0 atom stereocenters. The van der Waals surface area contributed by atoms with Gasteiger partial charge in [0.25, 0.3) is 0 Å². The van der Waals surface area contributed by atoms with Crippen molar-refractivity contribution in [2.45, 2.75) is 20.3 Å². The van der Waals surface area contributed by atoms with Crippen LogP contribution in [0.15, 0.2) is 10.8 Å². The lowest BCUT2D eigenvalue weighted by Gasteiger charge is -1.98. The fourth-order valence-electron chi connectivity index (χ4n) is 1.49. The molecule has 76 valence electrons. The minimum atomic E-state index is 0.403. The zero-order chi connectivity index (χ0) is 11.0. The van der Waals surface area contributed by atoms with Crippen molar-refractivity contribution in [1.82, 2.24) is 14.4 Å². The second-order valence-electron chi connectivity index (χ2n) is 3.22. The van der Waals surface area contributed by atoms with E-state index in [4.69, 9.17) is 5.26 Å². The van der Waals surface area contributed by atoms with Crippen LogP contribution < -0.4 is 0 Å². The first-order valence-electron chi connectivity index (χ1n) is 4.61. The van der Waals surface area contributed by atoms with E-state index < -0.39 is 0 Å². The van der Waals surface area contributed by atoms with E-state index in [1.54, 1.807) is 6.20 Å². The molecule has 0 unspecified atom stereocenters. The van der Waals surface area contributed by atoms with Gasteiger partial charge in [-0.25, -0.2) is 9.97 Å². The van der Waals surface area contributed by atoms with E-state index in [1.807, 2.05) is 24.3 Å². The van der Waals surface area contributed by atoms with Crippen LogP contribution in [0, 0.1) is 18.3 Å². The van der Waals surface area contributed by atoms with Crippen LogP contribution in [-0.4, -0.2) is 14.4 Å². The van der Waals surface area contributed by atoms with Crippen molar-refractivity contribution in [3.05, 3.63) is 27.9 Å². The molecule has 4 nitrogen and oxygen atoms in total. The number of fused-ring (bicyclic) bond motifs is 1. The Morgan fingerprint density at radius 2 is 2.27 bits per heavy atom. The number of aromatic nitrogens is 3. The van der Waals surface area contributed by atoms with E-state index in [0.717, 1.165) is 28.1 Å². The second kappa shape index (κ2) is 3.63. The third-order valence-corrected chi connectivity index (χ3v) is 3.07. The van der Waals surface area contributed by atoms with E-state index in [-0.39, 0.29) is 0 Å². The molecule has 0 aliphatic rings. The maximum atomic E-state index is 8.81. The van der Waals surface area contributed by atoms with Gasteiger partial charge in [0.05, 0.1) is 11.4 Å². The van der Waals surface area contributed by atoms with Crippen LogP contribution in [-0.2, 0) is 6.42 Å². The van der Waals surface area contributed by atoms with Crippen LogP contribution in [0.3, 0.4) is 0 Å². The summed E-state index contributed by atoms with van der Waals surface area (Å²) in [6, 6.07) is 2.03. The summed E-state index contributed by atoms with van der Waals surface area (Å²) in [7, 11) is 0. The van der Waals surface area contributed by atoms with Gasteiger partial charge >= 0.3 is 0 Å². The smallest absolute Gasteiger partial charge is 0.159 e. The quantitative estimate of drug-likeness (QED) is 0.794. The number of hydrogen-bond acceptors (Lipinski definition) is 3. The molecular formula is C10H9BrN4. The summed E-state index contributed by atoms with van der Waals surface area (Å²) >= 11 is 3.47. The predicted molar refractivity (Wildman–Crippen MR) is 59.5 cm³/mol. The molecule has 0 radical (unpaired) electrons. The molecule has 0 bridgehead atoms. The number of imidazole rings is 1. The average molecular weight is 265 g/mol. The van der Waals surface area contributed by atoms with Crippen molar-refractivity contribution >= 4 is 21.6 Å². The third-order valence-electron chi connectivity index (χ3n) is 2.23. The zero-order valence-corrected chi connectivity index (χ0v) is 10.0. The Kier molecular flexibility index (Phi) is 2.45. The highest BCUT2D eigenvalue weighted by molar-refractivity contribution is 9.10. The first-order chi connectivity index (χ1) is 7.17. The molecule has 2 aromatic heterocycles. The lowest BCUT2D eigenvalue weighted by Crippen LogP contribution is -1.95. The Hall–Kier alpha value is -1.41. The lowest BCUT2D eigenvalue weighted by atomic mass is 10.4. The predicted octanol–water partition coefficient (Wildman–Crippen LogP) is 2.23. The number of rotatable bonds is 1. The first-order valence-corrected chi connectivity index (χ1v) is 5.40. The van der Waals surface area contributed by atoms with Gasteiger partial charge in [-0.2, -0.15) is 5.26 Å². The topological polar surface area (TPSA) is 54.0 Å². The molecule has 2 rings (SSSR count). The van der Waals surface area contributed by atoms with Crippen molar-refractivity contribution in [2.75, 3.05) is 0 Å². The Labute approximate surface area is 95.7 Å². The summed E-state index contributed by atoms with van der Waals surface area (Å²) in [6.45, 7) is 3.90. The van der Waals surface area contributed by atoms with Gasteiger partial charge in [-0.3, -0.25) is 4.40 Å². The van der Waals surface area contributed by atoms with E-state index >= 15 is 0 Å². The molecule has 15 heavy (non-hydrogen) atoms. The number of nitrogens with zero attached hydrogens (tertiary/aromatic N) is 4. The Morgan fingerprint density at radius 1 is 1.53 bits per heavy atom. The molecule has 0 N–H and O–H groups in total. The summed E-state index contributed by atoms with van der Waals surface area (Å²) in [5.41, 5.74) is 2.96. The summed E-state index contributed by atoms with van der Waals surface area (Å²) < 4.78 is 2.77. The maximum Gasteiger partial charge on any atom is 0.159 e. The molecule has 0 aliphatic carbocycles. The van der Waals surface area contributed by atoms with Gasteiger partial charge < -0.3 is 0 Å². The normalized spacial score (nSPS) is 10.5. The van der Waals surface area contributed by atoms with E-state index in [0.29, 0.717) is 5.69 Å². The van der Waals surface area contributed by atoms with Crippen molar-refractivity contribution in [1.29, 1.82) is 5.26 Å². The van der Waals surface area contributed by atoms with Crippen molar-refractivity contribution in [3.63, 3.8) is 0 Å². The van der Waals surface area contributed by atoms with Crippen LogP contribution in [0.5, 0.6) is 0 Å². The summed E-state index contributed by atoms with van der Waals surface area (Å²) in [5, 5.41) is 8.81. The Morgan fingerprint density at radius 3 is 2.87 bits per heavy atom. The monoisotopic (exact) mass is 264 g/mol. The maximum absolute atomic E-state index is 8.81. The average Bonchev–Trinajstić information content (AvgIpc) is 2.56. The van der Waals surface area contributed by atoms with Crippen LogP contribution >= 0.6 is 15.9 Å². The van der Waals surface area contributed by atoms with Crippen LogP contribution in [0.4, 0.5) is 0 Å². The molecule has 0 saturated heterocycles. The number of nitriles is 1. The van der Waals surface area contributed by atoms with Gasteiger partial charge in [0.2, 0.25) is 0 Å². The number of hydrogen-bond donors (Lipinski definition) is 0. The van der Waals surface area contributed by atoms with Crippen LogP contribution in [0.25, 0.3) is 5.65 Å². The van der Waals surface area contributed by atoms with Crippen molar-refractivity contribution in [2.24, 2.45) is 0 Å². The molecule has 5 heteroatoms. The highest BCUT2D eigenvalue weighted by atomic mass is 79.9. The molecule has 0 saturated carbocycles. The van der Waals surface area contributed by atoms with Gasteiger partial charge in [-0.15, -0.1) is 0 Å². The number of halogens is 1. The standard InChI is InChI=1S/C10H9BrN4/c1-3-8-9(11)15-5-7(4-12)13-6(2)10(15)14-8/h5H,3H2,1-2H3. The summed E-state index contributed by atoms with van der Waals surface area (Å²) in [4.78, 5) is 8.59. The van der Waals surface area contributed by atoms with Gasteiger partial charge in [-0.1, -0.05) is 6.92 Å². The van der Waals surface area contributed by atoms with E-state index in [1.165, 1.54) is 0 Å². The van der Waals surface area contributed by atoms with Crippen LogP contribution in [0.1, 0.15) is 24.0 Å². The minimum absolute atomic E-state index is 0.403.